The fourth-order valence-corrected chi connectivity index (χ4v) is 4.08. The molecule has 0 radical (unpaired) electrons. The van der Waals surface area contributed by atoms with E-state index in [2.05, 4.69) is 11.8 Å². The van der Waals surface area contributed by atoms with Gasteiger partial charge in [0.1, 0.15) is 10.9 Å². The van der Waals surface area contributed by atoms with Gasteiger partial charge in [-0.15, -0.1) is 11.3 Å². The zero-order valence-electron chi connectivity index (χ0n) is 11.8. The number of halogens is 1. The molecule has 7 heteroatoms. The van der Waals surface area contributed by atoms with Crippen molar-refractivity contribution in [3.8, 4) is 0 Å². The first-order valence-corrected chi connectivity index (χ1v) is 9.45. The number of hydrogen-bond acceptors (Lipinski definition) is 5. The molecule has 0 N–H and O–H groups in total. The van der Waals surface area contributed by atoms with Crippen LogP contribution < -0.4 is 0 Å². The van der Waals surface area contributed by atoms with E-state index in [-0.39, 0.29) is 18.3 Å². The van der Waals surface area contributed by atoms with Crippen molar-refractivity contribution in [1.82, 2.24) is 4.90 Å². The summed E-state index contributed by atoms with van der Waals surface area (Å²) in [6.45, 7) is 4.54. The van der Waals surface area contributed by atoms with Crippen LogP contribution >= 0.6 is 46.9 Å². The highest BCUT2D eigenvalue weighted by Crippen LogP contribution is 2.23. The summed E-state index contributed by atoms with van der Waals surface area (Å²) in [5.41, 5.74) is 0. The highest BCUT2D eigenvalue weighted by atomic mass is 35.5. The van der Waals surface area contributed by atoms with E-state index >= 15 is 0 Å². The minimum Gasteiger partial charge on any atom is -0.459 e. The molecule has 2 heterocycles. The topological polar surface area (TPSA) is 29.5 Å². The predicted octanol–water partition coefficient (Wildman–Crippen LogP) is 4.19. The van der Waals surface area contributed by atoms with E-state index in [1.165, 1.54) is 35.9 Å². The molecule has 1 aliphatic rings. The van der Waals surface area contributed by atoms with Crippen LogP contribution in [0.15, 0.2) is 12.1 Å². The average molecular weight is 364 g/mol. The number of ether oxygens (including phenoxy) is 1. The Hall–Kier alpha value is -0.300. The number of thioether (sulfide) groups is 1. The summed E-state index contributed by atoms with van der Waals surface area (Å²) in [5.74, 6) is 0.804. The maximum atomic E-state index is 11.7. The number of hydrogen-bond donors (Lipinski definition) is 0. The van der Waals surface area contributed by atoms with Crippen molar-refractivity contribution in [3.05, 3.63) is 21.3 Å². The Bertz CT molecular complexity index is 498. The van der Waals surface area contributed by atoms with E-state index in [1.807, 2.05) is 6.07 Å². The Labute approximate surface area is 144 Å². The third-order valence-corrected chi connectivity index (χ3v) is 6.06. The number of esters is 1. The molecule has 21 heavy (non-hydrogen) atoms. The van der Waals surface area contributed by atoms with Crippen molar-refractivity contribution >= 4 is 57.2 Å². The third-order valence-electron chi connectivity index (χ3n) is 3.36. The molecule has 1 aromatic heterocycles. The maximum absolute atomic E-state index is 11.7. The number of carbonyl (C=O) groups excluding carboxylic acids is 1. The van der Waals surface area contributed by atoms with Gasteiger partial charge in [0.25, 0.3) is 0 Å². The molecule has 0 atom stereocenters. The first-order chi connectivity index (χ1) is 10.0. The van der Waals surface area contributed by atoms with Crippen molar-refractivity contribution in [2.24, 2.45) is 5.92 Å². The quantitative estimate of drug-likeness (QED) is 0.591. The van der Waals surface area contributed by atoms with E-state index in [1.54, 1.807) is 6.07 Å². The molecule has 0 bridgehead atoms. The molecule has 0 spiro atoms. The molecule has 1 fully saturated rings. The molecule has 0 saturated carbocycles. The van der Waals surface area contributed by atoms with Gasteiger partial charge in [0.05, 0.1) is 10.1 Å². The summed E-state index contributed by atoms with van der Waals surface area (Å²) in [4.78, 5) is 14.8. The molecule has 0 aromatic carbocycles. The minimum atomic E-state index is -0.239. The predicted molar refractivity (Wildman–Crippen MR) is 94.2 cm³/mol. The molecule has 3 nitrogen and oxygen atoms in total. The molecule has 2 rings (SSSR count). The van der Waals surface area contributed by atoms with Crippen LogP contribution in [0.25, 0.3) is 0 Å². The molecule has 116 valence electrons. The number of carbonyl (C=O) groups is 1. The fourth-order valence-electron chi connectivity index (χ4n) is 2.03. The van der Waals surface area contributed by atoms with Crippen molar-refractivity contribution in [3.63, 3.8) is 0 Å². The van der Waals surface area contributed by atoms with Gasteiger partial charge in [-0.05, 0) is 30.9 Å². The first-order valence-electron chi connectivity index (χ1n) is 6.86. The van der Waals surface area contributed by atoms with Gasteiger partial charge in [-0.25, -0.2) is 0 Å². The highest BCUT2D eigenvalue weighted by molar-refractivity contribution is 8.23. The van der Waals surface area contributed by atoms with Gasteiger partial charge in [-0.2, -0.15) is 0 Å². The van der Waals surface area contributed by atoms with Gasteiger partial charge >= 0.3 is 5.97 Å². The molecule has 1 aromatic rings. The van der Waals surface area contributed by atoms with E-state index in [0.29, 0.717) is 4.34 Å². The minimum absolute atomic E-state index is 0.239. The Kier molecular flexibility index (Phi) is 6.79. The van der Waals surface area contributed by atoms with Crippen LogP contribution in [0.4, 0.5) is 0 Å². The highest BCUT2D eigenvalue weighted by Gasteiger charge is 2.19. The van der Waals surface area contributed by atoms with Crippen molar-refractivity contribution < 1.29 is 9.53 Å². The van der Waals surface area contributed by atoms with Gasteiger partial charge in [0.15, 0.2) is 0 Å². The lowest BCUT2D eigenvalue weighted by atomic mass is 10.00. The van der Waals surface area contributed by atoms with Crippen molar-refractivity contribution in [2.45, 2.75) is 26.4 Å². The second-order valence-electron chi connectivity index (χ2n) is 5.09. The van der Waals surface area contributed by atoms with Crippen molar-refractivity contribution in [1.29, 1.82) is 0 Å². The lowest BCUT2D eigenvalue weighted by Crippen LogP contribution is -2.35. The normalized spacial score (nSPS) is 16.0. The van der Waals surface area contributed by atoms with Gasteiger partial charge in [-0.3, -0.25) is 4.79 Å². The second-order valence-corrected chi connectivity index (χ2v) is 8.50. The van der Waals surface area contributed by atoms with Gasteiger partial charge in [-0.1, -0.05) is 42.5 Å². The molecule has 0 amide bonds. The molecule has 0 aliphatic carbocycles. The Morgan fingerprint density at radius 3 is 2.86 bits per heavy atom. The SMILES string of the molecule is CC1CCN(C(=S)SCC(=O)OCc2ccc(Cl)s2)CC1. The van der Waals surface area contributed by atoms with Crippen molar-refractivity contribution in [2.75, 3.05) is 18.8 Å². The smallest absolute Gasteiger partial charge is 0.316 e. The molecular weight excluding hydrogens is 346 g/mol. The number of rotatable bonds is 4. The standard InChI is InChI=1S/C14H18ClNO2S3/c1-10-4-6-16(7-5-10)14(19)20-9-13(17)18-8-11-2-3-12(15)21-11/h2-3,10H,4-9H2,1H3. The number of likely N-dealkylation sites (tertiary alicyclic amines) is 1. The number of thiophene rings is 1. The number of thiocarbonyl (C=S) groups is 1. The van der Waals surface area contributed by atoms with E-state index in [9.17, 15) is 4.79 Å². The van der Waals surface area contributed by atoms with Crippen LogP contribution in [0.1, 0.15) is 24.6 Å². The van der Waals surface area contributed by atoms with E-state index in [0.717, 1.165) is 28.2 Å². The average Bonchev–Trinajstić information content (AvgIpc) is 2.89. The Morgan fingerprint density at radius 2 is 2.24 bits per heavy atom. The largest absolute Gasteiger partial charge is 0.459 e. The Balaban J connectivity index is 1.65. The first kappa shape index (κ1) is 17.1. The lowest BCUT2D eigenvalue weighted by Gasteiger charge is -2.31. The summed E-state index contributed by atoms with van der Waals surface area (Å²) in [6.07, 6.45) is 2.34. The van der Waals surface area contributed by atoms with E-state index in [4.69, 9.17) is 28.6 Å². The third kappa shape index (κ3) is 5.77. The molecular formula is C14H18ClNO2S3. The van der Waals surface area contributed by atoms with Gasteiger partial charge < -0.3 is 9.64 Å². The summed E-state index contributed by atoms with van der Waals surface area (Å²) in [5, 5.41) is 0. The van der Waals surface area contributed by atoms with Crippen LogP contribution in [0.2, 0.25) is 4.34 Å². The molecule has 0 unspecified atom stereocenters. The summed E-state index contributed by atoms with van der Waals surface area (Å²) in [6, 6.07) is 3.67. The number of piperidine rings is 1. The monoisotopic (exact) mass is 363 g/mol. The van der Waals surface area contributed by atoms with Crippen LogP contribution in [-0.4, -0.2) is 34.0 Å². The van der Waals surface area contributed by atoms with Crippen LogP contribution in [0.3, 0.4) is 0 Å². The van der Waals surface area contributed by atoms with E-state index < -0.39 is 0 Å². The van der Waals surface area contributed by atoms with Crippen LogP contribution in [0, 0.1) is 5.92 Å². The zero-order chi connectivity index (χ0) is 15.2. The van der Waals surface area contributed by atoms with Gasteiger partial charge in [0.2, 0.25) is 0 Å². The maximum Gasteiger partial charge on any atom is 0.316 e. The molecule has 1 saturated heterocycles. The lowest BCUT2D eigenvalue weighted by molar-refractivity contribution is -0.141. The Morgan fingerprint density at radius 1 is 1.52 bits per heavy atom. The molecule has 1 aliphatic heterocycles. The van der Waals surface area contributed by atoms with Crippen LogP contribution in [-0.2, 0) is 16.1 Å². The summed E-state index contributed by atoms with van der Waals surface area (Å²) >= 11 is 14.0. The fraction of sp³-hybridized carbons (Fsp3) is 0.571. The second kappa shape index (κ2) is 8.36. The summed E-state index contributed by atoms with van der Waals surface area (Å²) < 4.78 is 6.72. The van der Waals surface area contributed by atoms with Gasteiger partial charge in [0, 0.05) is 18.0 Å². The number of nitrogens with zero attached hydrogens (tertiary/aromatic N) is 1. The summed E-state index contributed by atoms with van der Waals surface area (Å²) in [7, 11) is 0. The zero-order valence-corrected chi connectivity index (χ0v) is 15.0. The van der Waals surface area contributed by atoms with Crippen LogP contribution in [0.5, 0.6) is 0 Å².